The molecule has 3 heteroatoms. The molecule has 0 unspecified atom stereocenters. The molecular formula is C13H17ClN2. The molecule has 1 heterocycles. The first kappa shape index (κ1) is 10.3. The Kier molecular flexibility index (Phi) is 2.68. The number of rotatable bonds is 1. The summed E-state index contributed by atoms with van der Waals surface area (Å²) in [6.07, 6.45) is 5.44. The van der Waals surface area contributed by atoms with Crippen molar-refractivity contribution >= 4 is 23.0 Å². The Morgan fingerprint density at radius 3 is 2.88 bits per heavy atom. The summed E-state index contributed by atoms with van der Waals surface area (Å²) < 4.78 is 0. The minimum absolute atomic E-state index is 0.735. The van der Waals surface area contributed by atoms with E-state index in [-0.39, 0.29) is 0 Å². The minimum Gasteiger partial charge on any atom is -0.382 e. The van der Waals surface area contributed by atoms with Crippen LogP contribution in [0.4, 0.5) is 11.4 Å². The molecular weight excluding hydrogens is 220 g/mol. The summed E-state index contributed by atoms with van der Waals surface area (Å²) in [5, 5.41) is 4.28. The lowest BCUT2D eigenvalue weighted by Gasteiger charge is -2.36. The molecule has 0 saturated heterocycles. The molecule has 0 aromatic heterocycles. The van der Waals surface area contributed by atoms with Gasteiger partial charge in [-0.1, -0.05) is 24.4 Å². The number of halogens is 1. The van der Waals surface area contributed by atoms with Gasteiger partial charge in [-0.05, 0) is 31.0 Å². The number of fused-ring (bicyclic) bond motifs is 1. The number of anilines is 2. The van der Waals surface area contributed by atoms with Crippen LogP contribution in [0.2, 0.25) is 5.02 Å². The number of hydrogen-bond donors (Lipinski definition) is 1. The third-order valence-electron chi connectivity index (χ3n) is 3.70. The largest absolute Gasteiger partial charge is 0.382 e. The van der Waals surface area contributed by atoms with Crippen molar-refractivity contribution in [3.63, 3.8) is 0 Å². The minimum atomic E-state index is 0.735. The molecule has 1 N–H and O–H groups in total. The molecule has 2 nitrogen and oxygen atoms in total. The van der Waals surface area contributed by atoms with Gasteiger partial charge < -0.3 is 10.2 Å². The maximum atomic E-state index is 6.09. The van der Waals surface area contributed by atoms with Gasteiger partial charge in [0.05, 0.1) is 11.4 Å². The van der Waals surface area contributed by atoms with Gasteiger partial charge in [0.2, 0.25) is 0 Å². The normalized spacial score (nSPS) is 20.7. The lowest BCUT2D eigenvalue weighted by atomic mass is 10.1. The number of benzene rings is 1. The molecule has 86 valence electrons. The first-order valence-corrected chi connectivity index (χ1v) is 6.52. The van der Waals surface area contributed by atoms with Crippen molar-refractivity contribution < 1.29 is 0 Å². The molecule has 0 bridgehead atoms. The number of nitrogens with one attached hydrogen (secondary N) is 1. The summed E-state index contributed by atoms with van der Waals surface area (Å²) in [6.45, 7) is 2.16. The molecule has 3 rings (SSSR count). The fourth-order valence-corrected chi connectivity index (χ4v) is 3.08. The van der Waals surface area contributed by atoms with Gasteiger partial charge in [-0.15, -0.1) is 0 Å². The molecule has 1 aliphatic carbocycles. The Labute approximate surface area is 102 Å². The predicted molar refractivity (Wildman–Crippen MR) is 69.5 cm³/mol. The first-order valence-electron chi connectivity index (χ1n) is 6.15. The molecule has 1 aromatic rings. The molecule has 1 saturated carbocycles. The quantitative estimate of drug-likeness (QED) is 0.803. The second kappa shape index (κ2) is 4.17. The topological polar surface area (TPSA) is 15.3 Å². The van der Waals surface area contributed by atoms with Gasteiger partial charge in [-0.2, -0.15) is 0 Å². The van der Waals surface area contributed by atoms with E-state index in [1.807, 2.05) is 6.07 Å². The van der Waals surface area contributed by atoms with Gasteiger partial charge in [0, 0.05) is 24.2 Å². The van der Waals surface area contributed by atoms with Gasteiger partial charge in [0.1, 0.15) is 0 Å². The second-order valence-corrected chi connectivity index (χ2v) is 5.16. The molecule has 1 aliphatic heterocycles. The van der Waals surface area contributed by atoms with Crippen LogP contribution in [0.1, 0.15) is 25.7 Å². The zero-order valence-corrected chi connectivity index (χ0v) is 10.1. The van der Waals surface area contributed by atoms with Crippen LogP contribution < -0.4 is 10.2 Å². The van der Waals surface area contributed by atoms with Gasteiger partial charge in [0.25, 0.3) is 0 Å². The Morgan fingerprint density at radius 1 is 1.25 bits per heavy atom. The zero-order valence-electron chi connectivity index (χ0n) is 9.38. The molecule has 0 radical (unpaired) electrons. The number of hydrogen-bond acceptors (Lipinski definition) is 2. The smallest absolute Gasteiger partial charge is 0.0620 e. The third-order valence-corrected chi connectivity index (χ3v) is 3.94. The molecule has 0 spiro atoms. The Bertz CT molecular complexity index is 386. The average molecular weight is 237 g/mol. The van der Waals surface area contributed by atoms with Gasteiger partial charge in [-0.3, -0.25) is 0 Å². The van der Waals surface area contributed by atoms with Crippen molar-refractivity contribution in [2.75, 3.05) is 23.3 Å². The van der Waals surface area contributed by atoms with Crippen LogP contribution in [-0.2, 0) is 0 Å². The Morgan fingerprint density at radius 2 is 2.06 bits per heavy atom. The summed E-state index contributed by atoms with van der Waals surface area (Å²) >= 11 is 6.09. The molecule has 0 atom stereocenters. The maximum absolute atomic E-state index is 6.09. The van der Waals surface area contributed by atoms with Crippen molar-refractivity contribution in [1.82, 2.24) is 0 Å². The van der Waals surface area contributed by atoms with Crippen LogP contribution in [-0.4, -0.2) is 19.1 Å². The monoisotopic (exact) mass is 236 g/mol. The first-order chi connectivity index (χ1) is 7.84. The standard InChI is InChI=1S/C13H17ClN2/c14-10-5-6-12-13(9-10)16(8-7-15-12)11-3-1-2-4-11/h5-6,9,11,15H,1-4,7-8H2. The average Bonchev–Trinajstić information content (AvgIpc) is 2.81. The van der Waals surface area contributed by atoms with Crippen molar-refractivity contribution in [3.8, 4) is 0 Å². The fourth-order valence-electron chi connectivity index (χ4n) is 2.92. The predicted octanol–water partition coefficient (Wildman–Crippen LogP) is 3.51. The molecule has 16 heavy (non-hydrogen) atoms. The van der Waals surface area contributed by atoms with Crippen LogP contribution in [0.15, 0.2) is 18.2 Å². The van der Waals surface area contributed by atoms with Crippen LogP contribution in [0.3, 0.4) is 0 Å². The summed E-state index contributed by atoms with van der Waals surface area (Å²) in [6, 6.07) is 6.89. The van der Waals surface area contributed by atoms with E-state index in [1.54, 1.807) is 0 Å². The van der Waals surface area contributed by atoms with E-state index >= 15 is 0 Å². The summed E-state index contributed by atoms with van der Waals surface area (Å²) in [4.78, 5) is 2.55. The zero-order chi connectivity index (χ0) is 11.0. The van der Waals surface area contributed by atoms with Gasteiger partial charge in [-0.25, -0.2) is 0 Å². The van der Waals surface area contributed by atoms with E-state index in [0.717, 1.165) is 24.2 Å². The van der Waals surface area contributed by atoms with Gasteiger partial charge >= 0.3 is 0 Å². The van der Waals surface area contributed by atoms with Crippen molar-refractivity contribution in [2.24, 2.45) is 0 Å². The SMILES string of the molecule is Clc1ccc2c(c1)N(C1CCCC1)CCN2. The lowest BCUT2D eigenvalue weighted by Crippen LogP contribution is -2.40. The number of nitrogens with zero attached hydrogens (tertiary/aromatic N) is 1. The van der Waals surface area contributed by atoms with Crippen molar-refractivity contribution in [3.05, 3.63) is 23.2 Å². The summed E-state index contributed by atoms with van der Waals surface area (Å²) in [5.41, 5.74) is 2.54. The van der Waals surface area contributed by atoms with Crippen LogP contribution in [0, 0.1) is 0 Å². The van der Waals surface area contributed by atoms with E-state index in [9.17, 15) is 0 Å². The van der Waals surface area contributed by atoms with Gasteiger partial charge in [0.15, 0.2) is 0 Å². The van der Waals surface area contributed by atoms with E-state index in [1.165, 1.54) is 37.1 Å². The molecule has 2 aliphatic rings. The van der Waals surface area contributed by atoms with Crippen LogP contribution in [0.25, 0.3) is 0 Å². The van der Waals surface area contributed by atoms with Crippen LogP contribution in [0.5, 0.6) is 0 Å². The summed E-state index contributed by atoms with van der Waals surface area (Å²) in [5.74, 6) is 0. The third kappa shape index (κ3) is 1.75. The highest BCUT2D eigenvalue weighted by atomic mass is 35.5. The van der Waals surface area contributed by atoms with Crippen molar-refractivity contribution in [1.29, 1.82) is 0 Å². The highest BCUT2D eigenvalue weighted by molar-refractivity contribution is 6.31. The molecule has 1 fully saturated rings. The molecule has 0 amide bonds. The molecule has 1 aromatic carbocycles. The van der Waals surface area contributed by atoms with E-state index in [2.05, 4.69) is 22.3 Å². The second-order valence-electron chi connectivity index (χ2n) is 4.72. The van der Waals surface area contributed by atoms with E-state index in [4.69, 9.17) is 11.6 Å². The highest BCUT2D eigenvalue weighted by Crippen LogP contribution is 2.36. The van der Waals surface area contributed by atoms with E-state index < -0.39 is 0 Å². The van der Waals surface area contributed by atoms with Crippen LogP contribution >= 0.6 is 11.6 Å². The lowest BCUT2D eigenvalue weighted by molar-refractivity contribution is 0.606. The highest BCUT2D eigenvalue weighted by Gasteiger charge is 2.26. The maximum Gasteiger partial charge on any atom is 0.0620 e. The Hall–Kier alpha value is -0.890. The van der Waals surface area contributed by atoms with Crippen molar-refractivity contribution in [2.45, 2.75) is 31.7 Å². The van der Waals surface area contributed by atoms with E-state index in [0.29, 0.717) is 0 Å². The Balaban J connectivity index is 1.94. The summed E-state index contributed by atoms with van der Waals surface area (Å²) in [7, 11) is 0. The fraction of sp³-hybridized carbons (Fsp3) is 0.538.